The molecular formula is C22H23N3O3. The highest BCUT2D eigenvalue weighted by molar-refractivity contribution is 5.94. The lowest BCUT2D eigenvalue weighted by atomic mass is 10.0. The number of nitrogens with zero attached hydrogens (tertiary/aromatic N) is 2. The molecule has 6 heteroatoms. The molecule has 0 saturated heterocycles. The zero-order valence-electron chi connectivity index (χ0n) is 16.0. The molecule has 1 fully saturated rings. The fraction of sp³-hybridized carbons (Fsp3) is 0.318. The van der Waals surface area contributed by atoms with E-state index in [0.29, 0.717) is 23.1 Å². The lowest BCUT2D eigenvalue weighted by molar-refractivity contribution is 0.0913. The SMILES string of the molecule is CC(C)C(NC(=O)c1cccc(Oc2ccccc2)c1)c1nc(C2CC2)no1. The molecule has 4 rings (SSSR count). The second kappa shape index (κ2) is 7.84. The first-order valence-corrected chi connectivity index (χ1v) is 9.57. The van der Waals surface area contributed by atoms with Gasteiger partial charge in [0, 0.05) is 11.5 Å². The third-order valence-corrected chi connectivity index (χ3v) is 4.69. The minimum absolute atomic E-state index is 0.111. The van der Waals surface area contributed by atoms with Crippen LogP contribution in [0.15, 0.2) is 59.1 Å². The summed E-state index contributed by atoms with van der Waals surface area (Å²) < 4.78 is 11.3. The maximum atomic E-state index is 12.8. The molecule has 0 aliphatic heterocycles. The summed E-state index contributed by atoms with van der Waals surface area (Å²) in [6.45, 7) is 4.03. The molecule has 1 heterocycles. The minimum atomic E-state index is -0.341. The first-order chi connectivity index (χ1) is 13.6. The number of ether oxygens (including phenoxy) is 1. The normalized spacial score (nSPS) is 14.7. The van der Waals surface area contributed by atoms with Crippen molar-refractivity contribution in [1.29, 1.82) is 0 Å². The van der Waals surface area contributed by atoms with Crippen LogP contribution >= 0.6 is 0 Å². The topological polar surface area (TPSA) is 77.2 Å². The van der Waals surface area contributed by atoms with E-state index >= 15 is 0 Å². The predicted molar refractivity (Wildman–Crippen MR) is 104 cm³/mol. The van der Waals surface area contributed by atoms with Crippen LogP contribution in [0.1, 0.15) is 60.7 Å². The number of rotatable bonds is 7. The quantitative estimate of drug-likeness (QED) is 0.636. The van der Waals surface area contributed by atoms with Gasteiger partial charge in [0.15, 0.2) is 5.82 Å². The summed E-state index contributed by atoms with van der Waals surface area (Å²) in [5, 5.41) is 7.09. The molecule has 1 saturated carbocycles. The van der Waals surface area contributed by atoms with Crippen molar-refractivity contribution in [2.45, 2.75) is 38.6 Å². The first-order valence-electron chi connectivity index (χ1n) is 9.57. The Hall–Kier alpha value is -3.15. The molecule has 1 atom stereocenters. The summed E-state index contributed by atoms with van der Waals surface area (Å²) in [5.74, 6) is 2.85. The van der Waals surface area contributed by atoms with Gasteiger partial charge in [-0.25, -0.2) is 0 Å². The molecule has 1 unspecified atom stereocenters. The fourth-order valence-corrected chi connectivity index (χ4v) is 2.94. The molecule has 1 aliphatic rings. The van der Waals surface area contributed by atoms with Gasteiger partial charge in [-0.05, 0) is 49.1 Å². The zero-order chi connectivity index (χ0) is 19.5. The van der Waals surface area contributed by atoms with Crippen molar-refractivity contribution in [1.82, 2.24) is 15.5 Å². The second-order valence-electron chi connectivity index (χ2n) is 7.40. The smallest absolute Gasteiger partial charge is 0.252 e. The van der Waals surface area contributed by atoms with Gasteiger partial charge < -0.3 is 14.6 Å². The van der Waals surface area contributed by atoms with E-state index in [1.54, 1.807) is 18.2 Å². The van der Waals surface area contributed by atoms with E-state index in [4.69, 9.17) is 9.26 Å². The monoisotopic (exact) mass is 377 g/mol. The highest BCUT2D eigenvalue weighted by Gasteiger charge is 2.31. The van der Waals surface area contributed by atoms with Gasteiger partial charge in [-0.1, -0.05) is 43.3 Å². The number of hydrogen-bond acceptors (Lipinski definition) is 5. The Labute approximate surface area is 163 Å². The molecule has 2 aromatic carbocycles. The lowest BCUT2D eigenvalue weighted by Crippen LogP contribution is -2.32. The van der Waals surface area contributed by atoms with Gasteiger partial charge in [0.2, 0.25) is 5.89 Å². The molecule has 6 nitrogen and oxygen atoms in total. The van der Waals surface area contributed by atoms with Crippen molar-refractivity contribution in [3.8, 4) is 11.5 Å². The largest absolute Gasteiger partial charge is 0.457 e. The number of aromatic nitrogens is 2. The summed E-state index contributed by atoms with van der Waals surface area (Å²) in [7, 11) is 0. The molecule has 1 aliphatic carbocycles. The Kier molecular flexibility index (Phi) is 5.10. The molecule has 1 N–H and O–H groups in total. The number of nitrogens with one attached hydrogen (secondary N) is 1. The molecule has 144 valence electrons. The number of amides is 1. The number of carbonyl (C=O) groups excluding carboxylic acids is 1. The van der Waals surface area contributed by atoms with Crippen LogP contribution < -0.4 is 10.1 Å². The maximum absolute atomic E-state index is 12.8. The second-order valence-corrected chi connectivity index (χ2v) is 7.40. The van der Waals surface area contributed by atoms with Gasteiger partial charge in [-0.3, -0.25) is 4.79 Å². The Balaban J connectivity index is 1.48. The van der Waals surface area contributed by atoms with Crippen molar-refractivity contribution in [3.05, 3.63) is 71.9 Å². The number of carbonyl (C=O) groups is 1. The van der Waals surface area contributed by atoms with E-state index in [1.807, 2.05) is 50.2 Å². The number of para-hydroxylation sites is 1. The average Bonchev–Trinajstić information content (AvgIpc) is 3.44. The summed E-state index contributed by atoms with van der Waals surface area (Å²) >= 11 is 0. The highest BCUT2D eigenvalue weighted by Crippen LogP contribution is 2.38. The Morgan fingerprint density at radius 1 is 1.11 bits per heavy atom. The van der Waals surface area contributed by atoms with E-state index in [2.05, 4.69) is 15.5 Å². The lowest BCUT2D eigenvalue weighted by Gasteiger charge is -2.18. The van der Waals surface area contributed by atoms with E-state index in [-0.39, 0.29) is 17.9 Å². The van der Waals surface area contributed by atoms with Gasteiger partial charge in [0.25, 0.3) is 5.91 Å². The molecule has 0 radical (unpaired) electrons. The standard InChI is InChI=1S/C22H23N3O3/c1-14(2)19(22-24-20(25-28-22)15-11-12-15)23-21(26)16-7-6-10-18(13-16)27-17-8-4-3-5-9-17/h3-10,13-15,19H,11-12H2,1-2H3,(H,23,26). The molecule has 0 spiro atoms. The van der Waals surface area contributed by atoms with Gasteiger partial charge in [0.05, 0.1) is 0 Å². The third-order valence-electron chi connectivity index (χ3n) is 4.69. The van der Waals surface area contributed by atoms with Crippen LogP contribution in [0.4, 0.5) is 0 Å². The molecule has 0 bridgehead atoms. The summed E-state index contributed by atoms with van der Waals surface area (Å²) in [4.78, 5) is 17.3. The van der Waals surface area contributed by atoms with E-state index < -0.39 is 0 Å². The van der Waals surface area contributed by atoms with Crippen LogP contribution in [-0.2, 0) is 0 Å². The van der Waals surface area contributed by atoms with Crippen LogP contribution in [0, 0.1) is 5.92 Å². The highest BCUT2D eigenvalue weighted by atomic mass is 16.5. The van der Waals surface area contributed by atoms with Crippen molar-refractivity contribution < 1.29 is 14.1 Å². The third kappa shape index (κ3) is 4.22. The van der Waals surface area contributed by atoms with Crippen LogP contribution in [0.5, 0.6) is 11.5 Å². The van der Waals surface area contributed by atoms with Gasteiger partial charge in [-0.2, -0.15) is 4.98 Å². The van der Waals surface area contributed by atoms with Crippen molar-refractivity contribution >= 4 is 5.91 Å². The van der Waals surface area contributed by atoms with Gasteiger partial charge in [-0.15, -0.1) is 0 Å². The summed E-state index contributed by atoms with van der Waals surface area (Å²) in [6.07, 6.45) is 2.21. The molecule has 28 heavy (non-hydrogen) atoms. The van der Waals surface area contributed by atoms with E-state index in [0.717, 1.165) is 24.4 Å². The zero-order valence-corrected chi connectivity index (χ0v) is 16.0. The van der Waals surface area contributed by atoms with Crippen molar-refractivity contribution in [2.75, 3.05) is 0 Å². The molecule has 1 aromatic heterocycles. The van der Waals surface area contributed by atoms with Crippen molar-refractivity contribution in [3.63, 3.8) is 0 Å². The van der Waals surface area contributed by atoms with Crippen LogP contribution in [0.3, 0.4) is 0 Å². The van der Waals surface area contributed by atoms with Crippen LogP contribution in [-0.4, -0.2) is 16.0 Å². The predicted octanol–water partition coefficient (Wildman–Crippen LogP) is 4.87. The van der Waals surface area contributed by atoms with Crippen LogP contribution in [0.2, 0.25) is 0 Å². The van der Waals surface area contributed by atoms with E-state index in [1.165, 1.54) is 0 Å². The fourth-order valence-electron chi connectivity index (χ4n) is 2.94. The molecule has 1 amide bonds. The maximum Gasteiger partial charge on any atom is 0.252 e. The summed E-state index contributed by atoms with van der Waals surface area (Å²) in [6, 6.07) is 16.2. The Morgan fingerprint density at radius 2 is 1.86 bits per heavy atom. The average molecular weight is 377 g/mol. The first kappa shape index (κ1) is 18.2. The molecular weight excluding hydrogens is 354 g/mol. The molecule has 3 aromatic rings. The van der Waals surface area contributed by atoms with Crippen LogP contribution in [0.25, 0.3) is 0 Å². The number of benzene rings is 2. The van der Waals surface area contributed by atoms with E-state index in [9.17, 15) is 4.79 Å². The van der Waals surface area contributed by atoms with Gasteiger partial charge >= 0.3 is 0 Å². The Bertz CT molecular complexity index is 948. The number of hydrogen-bond donors (Lipinski definition) is 1. The Morgan fingerprint density at radius 3 is 2.57 bits per heavy atom. The summed E-state index contributed by atoms with van der Waals surface area (Å²) in [5.41, 5.74) is 0.515. The minimum Gasteiger partial charge on any atom is -0.457 e. The van der Waals surface area contributed by atoms with Crippen molar-refractivity contribution in [2.24, 2.45) is 5.92 Å². The van der Waals surface area contributed by atoms with Gasteiger partial charge in [0.1, 0.15) is 17.5 Å².